The Hall–Kier alpha value is -1.50. The largest absolute Gasteiger partial charge is 0.328 e. The minimum Gasteiger partial charge on any atom is -0.328 e. The van der Waals surface area contributed by atoms with Crippen molar-refractivity contribution in [2.75, 3.05) is 12.5 Å². The van der Waals surface area contributed by atoms with Crippen molar-refractivity contribution >= 4 is 0 Å². The van der Waals surface area contributed by atoms with E-state index < -0.39 is 0 Å². The molecule has 1 N–H and O–H groups in total. The molecule has 0 saturated heterocycles. The van der Waals surface area contributed by atoms with E-state index in [2.05, 4.69) is 10.4 Å². The minimum atomic E-state index is 0.370. The minimum absolute atomic E-state index is 0.370. The monoisotopic (exact) mass is 136 g/mol. The second-order valence-electron chi connectivity index (χ2n) is 1.83. The van der Waals surface area contributed by atoms with Crippen LogP contribution in [0.25, 0.3) is 0 Å². The van der Waals surface area contributed by atoms with Crippen molar-refractivity contribution in [2.24, 2.45) is 0 Å². The number of imidazole rings is 1. The Bertz CT molecular complexity index is 244. The van der Waals surface area contributed by atoms with Gasteiger partial charge in [-0.25, -0.2) is 4.98 Å². The van der Waals surface area contributed by atoms with Crippen LogP contribution in [0.1, 0.15) is 5.69 Å². The average Bonchev–Trinajstić information content (AvgIpc) is 2.37. The van der Waals surface area contributed by atoms with Crippen LogP contribution in [0.2, 0.25) is 0 Å². The van der Waals surface area contributed by atoms with Crippen molar-refractivity contribution in [3.63, 3.8) is 0 Å². The van der Waals surface area contributed by atoms with Gasteiger partial charge < -0.3 is 5.43 Å². The van der Waals surface area contributed by atoms with Crippen LogP contribution in [-0.2, 0) is 6.42 Å². The Labute approximate surface area is 59.1 Å². The average molecular weight is 136 g/mol. The summed E-state index contributed by atoms with van der Waals surface area (Å²) >= 11 is 0. The van der Waals surface area contributed by atoms with Gasteiger partial charge in [-0.2, -0.15) is 5.26 Å². The van der Waals surface area contributed by atoms with E-state index in [0.717, 1.165) is 5.69 Å². The van der Waals surface area contributed by atoms with E-state index in [1.165, 1.54) is 0 Å². The molecule has 0 amide bonds. The molecule has 0 fully saturated rings. The van der Waals surface area contributed by atoms with Crippen molar-refractivity contribution in [1.82, 2.24) is 9.66 Å². The highest BCUT2D eigenvalue weighted by molar-refractivity contribution is 5.03. The van der Waals surface area contributed by atoms with Gasteiger partial charge in [0.1, 0.15) is 6.33 Å². The van der Waals surface area contributed by atoms with E-state index in [1.54, 1.807) is 24.2 Å². The van der Waals surface area contributed by atoms with Crippen LogP contribution in [-0.4, -0.2) is 16.7 Å². The molecule has 10 heavy (non-hydrogen) atoms. The quantitative estimate of drug-likeness (QED) is 0.628. The summed E-state index contributed by atoms with van der Waals surface area (Å²) in [5.74, 6) is 0. The first-order chi connectivity index (χ1) is 4.86. The standard InChI is InChI=1S/C6H8N4/c1-8-10-4-6(2-3-7)9-5-10/h4-5,8H,2H2,1H3. The molecule has 0 bridgehead atoms. The van der Waals surface area contributed by atoms with Gasteiger partial charge in [0, 0.05) is 7.05 Å². The van der Waals surface area contributed by atoms with Gasteiger partial charge in [-0.1, -0.05) is 0 Å². The first kappa shape index (κ1) is 6.62. The van der Waals surface area contributed by atoms with Crippen molar-refractivity contribution in [1.29, 1.82) is 5.26 Å². The third-order valence-corrected chi connectivity index (χ3v) is 1.15. The molecule has 0 aliphatic rings. The van der Waals surface area contributed by atoms with Gasteiger partial charge in [0.2, 0.25) is 0 Å². The van der Waals surface area contributed by atoms with E-state index in [1.807, 2.05) is 6.07 Å². The van der Waals surface area contributed by atoms with E-state index in [-0.39, 0.29) is 0 Å². The molecule has 0 radical (unpaired) electrons. The Balaban J connectivity index is 2.70. The predicted molar refractivity (Wildman–Crippen MR) is 36.8 cm³/mol. The summed E-state index contributed by atoms with van der Waals surface area (Å²) in [5, 5.41) is 8.28. The lowest BCUT2D eigenvalue weighted by Crippen LogP contribution is -2.04. The molecule has 1 rings (SSSR count). The van der Waals surface area contributed by atoms with E-state index >= 15 is 0 Å². The maximum Gasteiger partial charge on any atom is 0.114 e. The molecule has 0 atom stereocenters. The summed E-state index contributed by atoms with van der Waals surface area (Å²) in [6.07, 6.45) is 3.78. The van der Waals surface area contributed by atoms with Crippen LogP contribution in [0.3, 0.4) is 0 Å². The molecule has 0 aromatic carbocycles. The summed E-state index contributed by atoms with van der Waals surface area (Å²) in [7, 11) is 1.79. The SMILES string of the molecule is CNn1cnc(CC#N)c1. The van der Waals surface area contributed by atoms with Crippen molar-refractivity contribution in [3.8, 4) is 6.07 Å². The summed E-state index contributed by atoms with van der Waals surface area (Å²) in [5.41, 5.74) is 3.64. The maximum atomic E-state index is 8.28. The van der Waals surface area contributed by atoms with Crippen LogP contribution >= 0.6 is 0 Å². The summed E-state index contributed by atoms with van der Waals surface area (Å²) < 4.78 is 1.70. The van der Waals surface area contributed by atoms with Gasteiger partial charge >= 0.3 is 0 Å². The summed E-state index contributed by atoms with van der Waals surface area (Å²) in [6.45, 7) is 0. The fourth-order valence-corrected chi connectivity index (χ4v) is 0.658. The summed E-state index contributed by atoms with van der Waals surface area (Å²) in [6, 6.07) is 2.02. The number of aromatic nitrogens is 2. The molecule has 1 aromatic rings. The second kappa shape index (κ2) is 2.87. The van der Waals surface area contributed by atoms with Gasteiger partial charge in [-0.3, -0.25) is 4.68 Å². The number of hydrogen-bond donors (Lipinski definition) is 1. The highest BCUT2D eigenvalue weighted by atomic mass is 15.4. The van der Waals surface area contributed by atoms with E-state index in [9.17, 15) is 0 Å². The van der Waals surface area contributed by atoms with Crippen LogP contribution in [0, 0.1) is 11.3 Å². The van der Waals surface area contributed by atoms with Crippen molar-refractivity contribution in [3.05, 3.63) is 18.2 Å². The number of rotatable bonds is 2. The number of hydrogen-bond acceptors (Lipinski definition) is 3. The molecule has 0 aliphatic carbocycles. The predicted octanol–water partition coefficient (Wildman–Crippen LogP) is 0.122. The number of nitrogens with zero attached hydrogens (tertiary/aromatic N) is 3. The fourth-order valence-electron chi connectivity index (χ4n) is 0.658. The van der Waals surface area contributed by atoms with Crippen LogP contribution in [0.15, 0.2) is 12.5 Å². The normalized spacial score (nSPS) is 8.80. The molecule has 0 saturated carbocycles. The molecule has 0 spiro atoms. The van der Waals surface area contributed by atoms with E-state index in [4.69, 9.17) is 5.26 Å². The van der Waals surface area contributed by atoms with Gasteiger partial charge in [-0.05, 0) is 0 Å². The lowest BCUT2D eigenvalue weighted by atomic mass is 10.4. The molecular weight excluding hydrogens is 128 g/mol. The van der Waals surface area contributed by atoms with Crippen LogP contribution < -0.4 is 5.43 Å². The van der Waals surface area contributed by atoms with Crippen LogP contribution in [0.4, 0.5) is 0 Å². The zero-order chi connectivity index (χ0) is 7.40. The topological polar surface area (TPSA) is 53.6 Å². The van der Waals surface area contributed by atoms with Gasteiger partial charge in [0.15, 0.2) is 0 Å². The Morgan fingerprint density at radius 1 is 1.90 bits per heavy atom. The van der Waals surface area contributed by atoms with Gasteiger partial charge in [0.25, 0.3) is 0 Å². The molecule has 52 valence electrons. The smallest absolute Gasteiger partial charge is 0.114 e. The first-order valence-electron chi connectivity index (χ1n) is 2.94. The Morgan fingerprint density at radius 2 is 2.70 bits per heavy atom. The molecule has 0 aliphatic heterocycles. The lowest BCUT2D eigenvalue weighted by Gasteiger charge is -1.94. The van der Waals surface area contributed by atoms with Gasteiger partial charge in [-0.15, -0.1) is 0 Å². The molecule has 1 aromatic heterocycles. The van der Waals surface area contributed by atoms with Crippen molar-refractivity contribution in [2.45, 2.75) is 6.42 Å². The third kappa shape index (κ3) is 1.26. The maximum absolute atomic E-state index is 8.28. The highest BCUT2D eigenvalue weighted by Gasteiger charge is 1.93. The highest BCUT2D eigenvalue weighted by Crippen LogP contribution is 1.92. The summed E-state index contributed by atoms with van der Waals surface area (Å²) in [4.78, 5) is 3.95. The van der Waals surface area contributed by atoms with Crippen LogP contribution in [0.5, 0.6) is 0 Å². The Kier molecular flexibility index (Phi) is 1.90. The molecule has 1 heterocycles. The molecular formula is C6H8N4. The first-order valence-corrected chi connectivity index (χ1v) is 2.94. The molecule has 4 nitrogen and oxygen atoms in total. The number of nitrogens with one attached hydrogen (secondary N) is 1. The van der Waals surface area contributed by atoms with E-state index in [0.29, 0.717) is 6.42 Å². The Morgan fingerprint density at radius 3 is 3.20 bits per heavy atom. The van der Waals surface area contributed by atoms with Gasteiger partial charge in [0.05, 0.1) is 24.4 Å². The number of nitriles is 1. The molecule has 0 unspecified atom stereocenters. The zero-order valence-corrected chi connectivity index (χ0v) is 5.70. The third-order valence-electron chi connectivity index (χ3n) is 1.15. The zero-order valence-electron chi connectivity index (χ0n) is 5.70. The second-order valence-corrected chi connectivity index (χ2v) is 1.83. The lowest BCUT2D eigenvalue weighted by molar-refractivity contribution is 0.923. The van der Waals surface area contributed by atoms with Crippen molar-refractivity contribution < 1.29 is 0 Å². The molecule has 4 heteroatoms. The fraction of sp³-hybridized carbons (Fsp3) is 0.333.